The van der Waals surface area contributed by atoms with Crippen LogP contribution in [0.15, 0.2) is 42.5 Å². The number of carbonyl (C=O) groups is 2. The number of nitrogens with one attached hydrogen (secondary N) is 2. The predicted octanol–water partition coefficient (Wildman–Crippen LogP) is 4.85. The molecule has 3 rings (SSSR count). The van der Waals surface area contributed by atoms with Crippen molar-refractivity contribution in [1.29, 1.82) is 0 Å². The van der Waals surface area contributed by atoms with Crippen LogP contribution in [0.3, 0.4) is 0 Å². The van der Waals surface area contributed by atoms with E-state index in [4.69, 9.17) is 11.6 Å². The van der Waals surface area contributed by atoms with Gasteiger partial charge in [0, 0.05) is 35.2 Å². The first-order valence-corrected chi connectivity index (χ1v) is 9.99. The van der Waals surface area contributed by atoms with Crippen LogP contribution in [-0.4, -0.2) is 24.9 Å². The summed E-state index contributed by atoms with van der Waals surface area (Å²) in [6.45, 7) is 6.28. The van der Waals surface area contributed by atoms with Crippen LogP contribution < -0.4 is 15.5 Å². The molecular formula is C22H26ClN3O2. The Kier molecular flexibility index (Phi) is 6.57. The summed E-state index contributed by atoms with van der Waals surface area (Å²) >= 11 is 5.92. The molecular weight excluding hydrogens is 374 g/mol. The molecule has 1 heterocycles. The van der Waals surface area contributed by atoms with E-state index < -0.39 is 0 Å². The Morgan fingerprint density at radius 2 is 1.68 bits per heavy atom. The molecule has 6 heteroatoms. The average molecular weight is 400 g/mol. The van der Waals surface area contributed by atoms with Crippen molar-refractivity contribution in [1.82, 2.24) is 0 Å². The van der Waals surface area contributed by atoms with Gasteiger partial charge in [-0.3, -0.25) is 9.59 Å². The van der Waals surface area contributed by atoms with E-state index in [2.05, 4.69) is 22.5 Å². The highest BCUT2D eigenvalue weighted by Gasteiger charge is 2.16. The fourth-order valence-electron chi connectivity index (χ4n) is 3.34. The largest absolute Gasteiger partial charge is 0.372 e. The van der Waals surface area contributed by atoms with Crippen molar-refractivity contribution in [2.75, 3.05) is 28.6 Å². The molecule has 2 aromatic rings. The lowest BCUT2D eigenvalue weighted by Gasteiger charge is -2.32. The van der Waals surface area contributed by atoms with Crippen molar-refractivity contribution in [3.8, 4) is 0 Å². The van der Waals surface area contributed by atoms with Gasteiger partial charge in [-0.25, -0.2) is 0 Å². The zero-order valence-electron chi connectivity index (χ0n) is 16.3. The summed E-state index contributed by atoms with van der Waals surface area (Å²) in [5, 5.41) is 6.13. The molecule has 148 valence electrons. The number of carbonyl (C=O) groups excluding carboxylic acids is 2. The normalized spacial score (nSPS) is 14.6. The summed E-state index contributed by atoms with van der Waals surface area (Å²) in [6.07, 6.45) is 2.18. The fraction of sp³-hybridized carbons (Fsp3) is 0.364. The van der Waals surface area contributed by atoms with E-state index >= 15 is 0 Å². The van der Waals surface area contributed by atoms with E-state index in [9.17, 15) is 9.59 Å². The topological polar surface area (TPSA) is 61.4 Å². The first kappa shape index (κ1) is 20.2. The molecule has 2 amide bonds. The maximum Gasteiger partial charge on any atom is 0.233 e. The van der Waals surface area contributed by atoms with Crippen LogP contribution in [0.25, 0.3) is 0 Å². The highest BCUT2D eigenvalue weighted by molar-refractivity contribution is 6.30. The number of anilines is 3. The van der Waals surface area contributed by atoms with E-state index in [1.165, 1.54) is 18.5 Å². The summed E-state index contributed by atoms with van der Waals surface area (Å²) in [5.41, 5.74) is 3.36. The molecule has 0 bridgehead atoms. The minimum atomic E-state index is -0.359. The first-order chi connectivity index (χ1) is 13.4. The molecule has 0 radical (unpaired) electrons. The Hall–Kier alpha value is -2.53. The first-order valence-electron chi connectivity index (χ1n) is 9.61. The molecule has 0 saturated carbocycles. The summed E-state index contributed by atoms with van der Waals surface area (Å²) in [6, 6.07) is 13.0. The van der Waals surface area contributed by atoms with Crippen LogP contribution in [0.1, 0.15) is 31.7 Å². The molecule has 2 aromatic carbocycles. The summed E-state index contributed by atoms with van der Waals surface area (Å²) < 4.78 is 0. The van der Waals surface area contributed by atoms with E-state index in [1.807, 2.05) is 31.2 Å². The third-order valence-corrected chi connectivity index (χ3v) is 5.32. The number of nitrogens with zero attached hydrogens (tertiary/aromatic N) is 1. The van der Waals surface area contributed by atoms with Gasteiger partial charge in [-0.2, -0.15) is 0 Å². The lowest BCUT2D eigenvalue weighted by Crippen LogP contribution is -2.32. The number of amides is 2. The van der Waals surface area contributed by atoms with Gasteiger partial charge in [0.05, 0.1) is 0 Å². The third kappa shape index (κ3) is 5.49. The zero-order valence-corrected chi connectivity index (χ0v) is 17.1. The predicted molar refractivity (Wildman–Crippen MR) is 115 cm³/mol. The number of halogens is 1. The Bertz CT molecular complexity index is 843. The van der Waals surface area contributed by atoms with E-state index in [0.717, 1.165) is 24.6 Å². The van der Waals surface area contributed by atoms with Crippen molar-refractivity contribution in [2.24, 2.45) is 5.92 Å². The molecule has 2 N–H and O–H groups in total. The van der Waals surface area contributed by atoms with Crippen LogP contribution in [0.4, 0.5) is 17.1 Å². The lowest BCUT2D eigenvalue weighted by molar-refractivity contribution is -0.123. The van der Waals surface area contributed by atoms with Crippen LogP contribution in [0, 0.1) is 12.8 Å². The highest BCUT2D eigenvalue weighted by atomic mass is 35.5. The number of piperidine rings is 1. The van der Waals surface area contributed by atoms with Gasteiger partial charge in [-0.15, -0.1) is 0 Å². The molecule has 1 fully saturated rings. The highest BCUT2D eigenvalue weighted by Crippen LogP contribution is 2.24. The van der Waals surface area contributed by atoms with E-state index in [-0.39, 0.29) is 18.2 Å². The standard InChI is InChI=1S/C22H26ClN3O2/c1-15-9-11-26(12-10-15)19-6-4-18(5-7-19)24-21(27)14-22(28)25-20-8-3-17(23)13-16(20)2/h3-8,13,15H,9-12,14H2,1-2H3,(H,24,27)(H,25,28). The Morgan fingerprint density at radius 3 is 2.32 bits per heavy atom. The SMILES string of the molecule is Cc1cc(Cl)ccc1NC(=O)CC(=O)Nc1ccc(N2CCC(C)CC2)cc1. The summed E-state index contributed by atoms with van der Waals surface area (Å²) in [7, 11) is 0. The molecule has 0 unspecified atom stereocenters. The van der Waals surface area contributed by atoms with Crippen molar-refractivity contribution in [3.63, 3.8) is 0 Å². The Balaban J connectivity index is 1.50. The van der Waals surface area contributed by atoms with E-state index in [0.29, 0.717) is 16.4 Å². The number of benzene rings is 2. The van der Waals surface area contributed by atoms with Gasteiger partial charge in [0.25, 0.3) is 0 Å². The second kappa shape index (κ2) is 9.11. The summed E-state index contributed by atoms with van der Waals surface area (Å²) in [5.74, 6) is 0.0864. The van der Waals surface area contributed by atoms with Crippen LogP contribution in [0.5, 0.6) is 0 Å². The minimum absolute atomic E-state index is 0.242. The van der Waals surface area contributed by atoms with E-state index in [1.54, 1.807) is 18.2 Å². The zero-order chi connectivity index (χ0) is 20.1. The van der Waals surface area contributed by atoms with Crippen LogP contribution in [0.2, 0.25) is 5.02 Å². The number of hydrogen-bond donors (Lipinski definition) is 2. The van der Waals surface area contributed by atoms with Gasteiger partial charge >= 0.3 is 0 Å². The lowest BCUT2D eigenvalue weighted by atomic mass is 9.99. The monoisotopic (exact) mass is 399 g/mol. The maximum atomic E-state index is 12.2. The molecule has 28 heavy (non-hydrogen) atoms. The van der Waals surface area contributed by atoms with Gasteiger partial charge in [-0.05, 0) is 73.7 Å². The van der Waals surface area contributed by atoms with Gasteiger partial charge in [0.2, 0.25) is 11.8 Å². The molecule has 1 saturated heterocycles. The second-order valence-electron chi connectivity index (χ2n) is 7.45. The van der Waals surface area contributed by atoms with Crippen molar-refractivity contribution >= 4 is 40.5 Å². The molecule has 0 atom stereocenters. The van der Waals surface area contributed by atoms with Crippen molar-refractivity contribution < 1.29 is 9.59 Å². The molecule has 0 aromatic heterocycles. The molecule has 1 aliphatic heterocycles. The fourth-order valence-corrected chi connectivity index (χ4v) is 3.56. The number of rotatable bonds is 5. The van der Waals surface area contributed by atoms with Crippen LogP contribution >= 0.6 is 11.6 Å². The number of aryl methyl sites for hydroxylation is 1. The molecule has 5 nitrogen and oxygen atoms in total. The smallest absolute Gasteiger partial charge is 0.233 e. The number of hydrogen-bond acceptors (Lipinski definition) is 3. The van der Waals surface area contributed by atoms with Gasteiger partial charge in [0.1, 0.15) is 6.42 Å². The molecule has 1 aliphatic rings. The Labute approximate surface area is 171 Å². The maximum absolute atomic E-state index is 12.2. The van der Waals surface area contributed by atoms with Gasteiger partial charge < -0.3 is 15.5 Å². The Morgan fingerprint density at radius 1 is 1.04 bits per heavy atom. The third-order valence-electron chi connectivity index (χ3n) is 5.08. The van der Waals surface area contributed by atoms with Gasteiger partial charge in [0.15, 0.2) is 0 Å². The van der Waals surface area contributed by atoms with Crippen LogP contribution in [-0.2, 0) is 9.59 Å². The molecule has 0 spiro atoms. The minimum Gasteiger partial charge on any atom is -0.372 e. The second-order valence-corrected chi connectivity index (χ2v) is 7.89. The van der Waals surface area contributed by atoms with Gasteiger partial charge in [-0.1, -0.05) is 18.5 Å². The average Bonchev–Trinajstić information content (AvgIpc) is 2.65. The van der Waals surface area contributed by atoms with Crippen molar-refractivity contribution in [3.05, 3.63) is 53.1 Å². The molecule has 0 aliphatic carbocycles. The summed E-state index contributed by atoms with van der Waals surface area (Å²) in [4.78, 5) is 26.7. The quantitative estimate of drug-likeness (QED) is 0.706. The van der Waals surface area contributed by atoms with Crippen molar-refractivity contribution in [2.45, 2.75) is 33.1 Å².